The van der Waals surface area contributed by atoms with Crippen LogP contribution < -0.4 is 0 Å². The second kappa shape index (κ2) is 50.0. The summed E-state index contributed by atoms with van der Waals surface area (Å²) in [6.45, 7) is 6.58. The third kappa shape index (κ3) is 48.3. The number of unbranched alkanes of at least 4 members (excludes halogenated alkanes) is 28. The Morgan fingerprint density at radius 2 is 0.590 bits per heavy atom. The molecule has 0 spiro atoms. The normalized spacial score (nSPS) is 12.4. The Kier molecular flexibility index (Phi) is 47.9. The van der Waals surface area contributed by atoms with Crippen LogP contribution in [-0.4, -0.2) is 37.2 Å². The molecule has 61 heavy (non-hydrogen) atoms. The van der Waals surface area contributed by atoms with Crippen molar-refractivity contribution in [1.29, 1.82) is 0 Å². The topological polar surface area (TPSA) is 78.9 Å². The lowest BCUT2D eigenvalue weighted by Crippen LogP contribution is -2.30. The average Bonchev–Trinajstić information content (AvgIpc) is 3.26. The number of hydrogen-bond donors (Lipinski definition) is 0. The van der Waals surface area contributed by atoms with Crippen molar-refractivity contribution >= 4 is 17.9 Å². The van der Waals surface area contributed by atoms with Crippen molar-refractivity contribution < 1.29 is 28.6 Å². The smallest absolute Gasteiger partial charge is 0.306 e. The molecule has 0 N–H and O–H groups in total. The minimum absolute atomic E-state index is 0.0799. The van der Waals surface area contributed by atoms with E-state index >= 15 is 0 Å². The molecule has 0 aliphatic heterocycles. The zero-order chi connectivity index (χ0) is 44.4. The van der Waals surface area contributed by atoms with Crippen LogP contribution in [0.1, 0.15) is 265 Å². The van der Waals surface area contributed by atoms with Gasteiger partial charge in [0, 0.05) is 19.3 Å². The molecule has 0 aromatic heterocycles. The van der Waals surface area contributed by atoms with Gasteiger partial charge in [-0.2, -0.15) is 0 Å². The quantitative estimate of drug-likeness (QED) is 0.0263. The number of allylic oxidation sites excluding steroid dienone is 8. The molecule has 0 aliphatic rings. The fourth-order valence-electron chi connectivity index (χ4n) is 7.33. The van der Waals surface area contributed by atoms with Crippen molar-refractivity contribution in [2.75, 3.05) is 13.2 Å². The summed E-state index contributed by atoms with van der Waals surface area (Å²) in [6, 6.07) is 0. The molecule has 6 heteroatoms. The van der Waals surface area contributed by atoms with E-state index in [-0.39, 0.29) is 31.1 Å². The maximum Gasteiger partial charge on any atom is 0.306 e. The molecule has 0 saturated carbocycles. The Bertz CT molecular complexity index is 1070. The van der Waals surface area contributed by atoms with Gasteiger partial charge in [0.1, 0.15) is 13.2 Å². The number of carbonyl (C=O) groups excluding carboxylic acids is 3. The molecule has 0 rings (SSSR count). The average molecular weight is 855 g/mol. The molecular weight excluding hydrogens is 757 g/mol. The predicted molar refractivity (Wildman–Crippen MR) is 261 cm³/mol. The Morgan fingerprint density at radius 3 is 0.984 bits per heavy atom. The molecular formula is C55H98O6. The first kappa shape index (κ1) is 58.4. The molecule has 0 aliphatic carbocycles. The van der Waals surface area contributed by atoms with E-state index in [2.05, 4.69) is 69.4 Å². The first-order chi connectivity index (χ1) is 30.0. The van der Waals surface area contributed by atoms with Crippen molar-refractivity contribution in [2.24, 2.45) is 0 Å². The number of ether oxygens (including phenoxy) is 3. The van der Waals surface area contributed by atoms with Crippen LogP contribution in [0.2, 0.25) is 0 Å². The van der Waals surface area contributed by atoms with Crippen molar-refractivity contribution in [2.45, 2.75) is 271 Å². The lowest BCUT2D eigenvalue weighted by Gasteiger charge is -2.18. The summed E-state index contributed by atoms with van der Waals surface area (Å²) >= 11 is 0. The highest BCUT2D eigenvalue weighted by Gasteiger charge is 2.19. The second-order valence-electron chi connectivity index (χ2n) is 17.4. The number of esters is 3. The lowest BCUT2D eigenvalue weighted by molar-refractivity contribution is -0.167. The van der Waals surface area contributed by atoms with Gasteiger partial charge in [-0.1, -0.05) is 211 Å². The fourth-order valence-corrected chi connectivity index (χ4v) is 7.33. The standard InChI is InChI=1S/C55H98O6/c1-4-7-10-13-16-19-22-24-26-27-29-30-33-36-39-42-45-48-54(57)60-51-52(50-59-53(56)47-44-41-38-35-32-21-18-15-12-9-6-3)61-55(58)49-46-43-40-37-34-31-28-25-23-20-17-14-11-8-5-2/h16,19-20,23-24,26,29-30,52H,4-15,17-18,21-22,25,27-28,31-51H2,1-3H3/b19-16-,23-20-,26-24-,30-29-/t52-/m0/s1. The zero-order valence-corrected chi connectivity index (χ0v) is 40.4. The first-order valence-electron chi connectivity index (χ1n) is 26.1. The van der Waals surface area contributed by atoms with Crippen LogP contribution >= 0.6 is 0 Å². The summed E-state index contributed by atoms with van der Waals surface area (Å²) in [5.74, 6) is -0.900. The second-order valence-corrected chi connectivity index (χ2v) is 17.4. The molecule has 0 radical (unpaired) electrons. The molecule has 0 heterocycles. The molecule has 6 nitrogen and oxygen atoms in total. The van der Waals surface area contributed by atoms with Crippen LogP contribution in [0.15, 0.2) is 48.6 Å². The van der Waals surface area contributed by atoms with Gasteiger partial charge in [0.15, 0.2) is 6.10 Å². The summed E-state index contributed by atoms with van der Waals surface area (Å²) in [7, 11) is 0. The van der Waals surface area contributed by atoms with Gasteiger partial charge < -0.3 is 14.2 Å². The van der Waals surface area contributed by atoms with Crippen LogP contribution in [0, 0.1) is 0 Å². The molecule has 0 saturated heterocycles. The number of rotatable bonds is 47. The van der Waals surface area contributed by atoms with Crippen LogP contribution in [0.4, 0.5) is 0 Å². The van der Waals surface area contributed by atoms with E-state index < -0.39 is 6.10 Å². The van der Waals surface area contributed by atoms with Crippen molar-refractivity contribution in [1.82, 2.24) is 0 Å². The van der Waals surface area contributed by atoms with E-state index in [4.69, 9.17) is 14.2 Å². The van der Waals surface area contributed by atoms with E-state index in [9.17, 15) is 14.4 Å². The molecule has 0 bridgehead atoms. The molecule has 0 fully saturated rings. The maximum absolute atomic E-state index is 12.8. The monoisotopic (exact) mass is 855 g/mol. The summed E-state index contributed by atoms with van der Waals surface area (Å²) in [5.41, 5.74) is 0. The van der Waals surface area contributed by atoms with E-state index in [1.807, 2.05) is 0 Å². The van der Waals surface area contributed by atoms with Crippen LogP contribution in [0.25, 0.3) is 0 Å². The highest BCUT2D eigenvalue weighted by atomic mass is 16.6. The predicted octanol–water partition coefficient (Wildman–Crippen LogP) is 17.1. The number of carbonyl (C=O) groups is 3. The zero-order valence-electron chi connectivity index (χ0n) is 40.4. The third-order valence-electron chi connectivity index (χ3n) is 11.3. The van der Waals surface area contributed by atoms with E-state index in [0.717, 1.165) is 83.5 Å². The number of hydrogen-bond acceptors (Lipinski definition) is 6. The van der Waals surface area contributed by atoms with Gasteiger partial charge in [0.2, 0.25) is 0 Å². The summed E-state index contributed by atoms with van der Waals surface area (Å²) < 4.78 is 16.8. The third-order valence-corrected chi connectivity index (χ3v) is 11.3. The fraction of sp³-hybridized carbons (Fsp3) is 0.800. The molecule has 1 atom stereocenters. The highest BCUT2D eigenvalue weighted by molar-refractivity contribution is 5.71. The minimum Gasteiger partial charge on any atom is -0.462 e. The molecule has 0 aromatic rings. The molecule has 0 amide bonds. The van der Waals surface area contributed by atoms with Gasteiger partial charge in [-0.15, -0.1) is 0 Å². The lowest BCUT2D eigenvalue weighted by atomic mass is 10.1. The van der Waals surface area contributed by atoms with E-state index in [0.29, 0.717) is 19.3 Å². The van der Waals surface area contributed by atoms with Gasteiger partial charge >= 0.3 is 17.9 Å². The summed E-state index contributed by atoms with van der Waals surface area (Å²) in [4.78, 5) is 37.9. The first-order valence-corrected chi connectivity index (χ1v) is 26.1. The van der Waals surface area contributed by atoms with Crippen LogP contribution in [0.5, 0.6) is 0 Å². The van der Waals surface area contributed by atoms with Gasteiger partial charge in [-0.25, -0.2) is 0 Å². The van der Waals surface area contributed by atoms with E-state index in [1.54, 1.807) is 0 Å². The Balaban J connectivity index is 4.39. The Labute approximate surface area is 378 Å². The Morgan fingerprint density at radius 1 is 0.328 bits per heavy atom. The van der Waals surface area contributed by atoms with Crippen molar-refractivity contribution in [3.63, 3.8) is 0 Å². The van der Waals surface area contributed by atoms with Crippen LogP contribution in [0.3, 0.4) is 0 Å². The molecule has 0 aromatic carbocycles. The van der Waals surface area contributed by atoms with E-state index in [1.165, 1.54) is 141 Å². The largest absolute Gasteiger partial charge is 0.462 e. The van der Waals surface area contributed by atoms with Gasteiger partial charge in [0.05, 0.1) is 0 Å². The highest BCUT2D eigenvalue weighted by Crippen LogP contribution is 2.15. The van der Waals surface area contributed by atoms with Crippen molar-refractivity contribution in [3.05, 3.63) is 48.6 Å². The van der Waals surface area contributed by atoms with Gasteiger partial charge in [-0.3, -0.25) is 14.4 Å². The van der Waals surface area contributed by atoms with Gasteiger partial charge in [0.25, 0.3) is 0 Å². The SMILES string of the molecule is CCCCC/C=C\C/C=C\C/C=C\CCCCCCC(=O)OC[C@H](COC(=O)CCCCCCCCCCCCC)OC(=O)CCCCCCCCC/C=C\CCCCCC. The Hall–Kier alpha value is -2.63. The molecule has 0 unspecified atom stereocenters. The summed E-state index contributed by atoms with van der Waals surface area (Å²) in [6.07, 6.45) is 59.4. The van der Waals surface area contributed by atoms with Crippen LogP contribution in [-0.2, 0) is 28.6 Å². The summed E-state index contributed by atoms with van der Waals surface area (Å²) in [5, 5.41) is 0. The van der Waals surface area contributed by atoms with Crippen molar-refractivity contribution in [3.8, 4) is 0 Å². The van der Waals surface area contributed by atoms with Gasteiger partial charge in [-0.05, 0) is 83.5 Å². The minimum atomic E-state index is -0.781. The maximum atomic E-state index is 12.8. The molecule has 354 valence electrons.